The van der Waals surface area contributed by atoms with E-state index < -0.39 is 5.97 Å². The Labute approximate surface area is 168 Å². The van der Waals surface area contributed by atoms with E-state index in [0.29, 0.717) is 6.54 Å². The highest BCUT2D eigenvalue weighted by Gasteiger charge is 2.32. The van der Waals surface area contributed by atoms with Crippen molar-refractivity contribution >= 4 is 16.7 Å². The molecule has 1 aromatic heterocycles. The largest absolute Gasteiger partial charge is 0.481 e. The van der Waals surface area contributed by atoms with Crippen LogP contribution in [0.1, 0.15) is 30.0 Å². The van der Waals surface area contributed by atoms with Gasteiger partial charge in [0.25, 0.3) is 0 Å². The molecule has 2 aliphatic rings. The van der Waals surface area contributed by atoms with Gasteiger partial charge in [-0.3, -0.25) is 14.7 Å². The summed E-state index contributed by atoms with van der Waals surface area (Å²) >= 11 is 0. The predicted octanol–water partition coefficient (Wildman–Crippen LogP) is 3.85. The lowest BCUT2D eigenvalue weighted by atomic mass is 9.90. The van der Waals surface area contributed by atoms with Crippen LogP contribution >= 0.6 is 0 Å². The number of nitrogens with zero attached hydrogens (tertiary/aromatic N) is 2. The first-order valence-electron chi connectivity index (χ1n) is 9.89. The zero-order valence-corrected chi connectivity index (χ0v) is 16.0. The number of rotatable bonds is 4. The Kier molecular flexibility index (Phi) is 4.56. The van der Waals surface area contributed by atoms with Gasteiger partial charge in [-0.1, -0.05) is 18.2 Å². The van der Waals surface area contributed by atoms with Crippen LogP contribution in [0, 0.1) is 5.92 Å². The first-order chi connectivity index (χ1) is 14.2. The van der Waals surface area contributed by atoms with Gasteiger partial charge >= 0.3 is 5.97 Å². The molecule has 2 atom stereocenters. The number of benzene rings is 2. The number of carbonyl (C=O) groups is 1. The van der Waals surface area contributed by atoms with E-state index >= 15 is 0 Å². The Morgan fingerprint density at radius 1 is 1.07 bits per heavy atom. The molecule has 3 aromatic rings. The van der Waals surface area contributed by atoms with E-state index in [2.05, 4.69) is 34.1 Å². The molecule has 6 nitrogen and oxygen atoms in total. The third-order valence-corrected chi connectivity index (χ3v) is 5.86. The minimum Gasteiger partial charge on any atom is -0.481 e. The molecule has 1 fully saturated rings. The van der Waals surface area contributed by atoms with Crippen molar-refractivity contribution in [3.63, 3.8) is 0 Å². The Hall–Kier alpha value is -3.12. The molecule has 0 radical (unpaired) electrons. The summed E-state index contributed by atoms with van der Waals surface area (Å²) in [6.45, 7) is 1.62. The zero-order chi connectivity index (χ0) is 19.8. The minimum absolute atomic E-state index is 0.0517. The number of carboxylic acids is 1. The summed E-state index contributed by atoms with van der Waals surface area (Å²) in [5.41, 5.74) is 2.21. The van der Waals surface area contributed by atoms with Crippen LogP contribution in [0.15, 0.2) is 54.9 Å². The summed E-state index contributed by atoms with van der Waals surface area (Å²) in [4.78, 5) is 18.1. The Morgan fingerprint density at radius 3 is 2.79 bits per heavy atom. The molecule has 0 amide bonds. The molecule has 29 heavy (non-hydrogen) atoms. The second-order valence-corrected chi connectivity index (χ2v) is 7.67. The van der Waals surface area contributed by atoms with Crippen molar-refractivity contribution in [3.8, 4) is 11.5 Å². The molecule has 2 aromatic carbocycles. The van der Waals surface area contributed by atoms with Crippen LogP contribution < -0.4 is 9.47 Å². The fraction of sp³-hybridized carbons (Fsp3) is 0.304. The van der Waals surface area contributed by atoms with Crippen LogP contribution in [0.25, 0.3) is 10.8 Å². The van der Waals surface area contributed by atoms with Gasteiger partial charge in [-0.25, -0.2) is 0 Å². The number of hydrogen-bond donors (Lipinski definition) is 1. The molecular weight excluding hydrogens is 368 g/mol. The molecular formula is C23H22N2O4. The van der Waals surface area contributed by atoms with Crippen molar-refractivity contribution in [1.82, 2.24) is 9.88 Å². The Morgan fingerprint density at radius 2 is 1.90 bits per heavy atom. The highest BCUT2D eigenvalue weighted by molar-refractivity contribution is 5.82. The summed E-state index contributed by atoms with van der Waals surface area (Å²) in [6, 6.07) is 14.3. The van der Waals surface area contributed by atoms with Crippen molar-refractivity contribution in [2.75, 3.05) is 19.9 Å². The van der Waals surface area contributed by atoms with Crippen LogP contribution in [0.4, 0.5) is 0 Å². The highest BCUT2D eigenvalue weighted by Crippen LogP contribution is 2.39. The molecule has 2 unspecified atom stereocenters. The lowest BCUT2D eigenvalue weighted by Crippen LogP contribution is -2.41. The van der Waals surface area contributed by atoms with Gasteiger partial charge in [0.2, 0.25) is 6.79 Å². The normalized spacial score (nSPS) is 19.9. The summed E-state index contributed by atoms with van der Waals surface area (Å²) in [5, 5.41) is 11.8. The van der Waals surface area contributed by atoms with Crippen molar-refractivity contribution in [2.45, 2.75) is 18.9 Å². The van der Waals surface area contributed by atoms with E-state index in [-0.39, 0.29) is 18.8 Å². The molecule has 6 heteroatoms. The number of fused-ring (bicyclic) bond motifs is 2. The van der Waals surface area contributed by atoms with Gasteiger partial charge in [-0.2, -0.15) is 0 Å². The Bertz CT molecular complexity index is 1070. The number of aliphatic carboxylic acids is 1. The number of likely N-dealkylation sites (tertiary alicyclic amines) is 1. The second kappa shape index (κ2) is 7.37. The van der Waals surface area contributed by atoms with Gasteiger partial charge in [0, 0.05) is 24.3 Å². The number of carboxylic acid groups (broad SMARTS) is 1. The number of aromatic nitrogens is 1. The lowest BCUT2D eigenvalue weighted by Gasteiger charge is -2.37. The van der Waals surface area contributed by atoms with E-state index in [4.69, 9.17) is 9.47 Å². The number of ether oxygens (including phenoxy) is 2. The van der Waals surface area contributed by atoms with Gasteiger partial charge in [0.05, 0.1) is 12.0 Å². The molecule has 1 N–H and O–H groups in total. The van der Waals surface area contributed by atoms with E-state index in [0.717, 1.165) is 52.8 Å². The maximum absolute atomic E-state index is 11.7. The van der Waals surface area contributed by atoms with Gasteiger partial charge in [0.1, 0.15) is 0 Å². The second-order valence-electron chi connectivity index (χ2n) is 7.67. The fourth-order valence-electron chi connectivity index (χ4n) is 4.41. The average molecular weight is 390 g/mol. The van der Waals surface area contributed by atoms with E-state index in [1.807, 2.05) is 24.4 Å². The molecule has 0 bridgehead atoms. The van der Waals surface area contributed by atoms with Gasteiger partial charge in [0.15, 0.2) is 11.5 Å². The average Bonchev–Trinajstić information content (AvgIpc) is 3.22. The van der Waals surface area contributed by atoms with Gasteiger partial charge in [-0.15, -0.1) is 0 Å². The monoisotopic (exact) mass is 390 g/mol. The molecule has 0 saturated carbocycles. The number of pyridine rings is 1. The fourth-order valence-corrected chi connectivity index (χ4v) is 4.41. The number of hydrogen-bond acceptors (Lipinski definition) is 5. The first-order valence-corrected chi connectivity index (χ1v) is 9.89. The SMILES string of the molecule is O=C(O)C1CCCN(C(c2ccc3c(c2)OCO3)c2ccc3cnccc3c2)C1. The minimum atomic E-state index is -0.719. The molecule has 0 aliphatic carbocycles. The quantitative estimate of drug-likeness (QED) is 0.730. The van der Waals surface area contributed by atoms with Crippen molar-refractivity contribution < 1.29 is 19.4 Å². The molecule has 148 valence electrons. The predicted molar refractivity (Wildman–Crippen MR) is 108 cm³/mol. The molecule has 1 saturated heterocycles. The summed E-state index contributed by atoms with van der Waals surface area (Å²) in [5.74, 6) is 0.428. The molecule has 0 spiro atoms. The first kappa shape index (κ1) is 17.9. The summed E-state index contributed by atoms with van der Waals surface area (Å²) in [7, 11) is 0. The standard InChI is InChI=1S/C23H22N2O4/c26-23(27)19-2-1-9-25(13-19)22(17-5-6-20-21(11-17)29-14-28-20)16-3-4-18-12-24-8-7-15(18)10-16/h3-8,10-12,19,22H,1-2,9,13-14H2,(H,26,27). The van der Waals surface area contributed by atoms with E-state index in [1.54, 1.807) is 6.20 Å². The summed E-state index contributed by atoms with van der Waals surface area (Å²) in [6.07, 6.45) is 5.25. The number of piperidine rings is 1. The molecule has 5 rings (SSSR count). The summed E-state index contributed by atoms with van der Waals surface area (Å²) < 4.78 is 11.1. The topological polar surface area (TPSA) is 71.9 Å². The Balaban J connectivity index is 1.59. The molecule has 3 heterocycles. The van der Waals surface area contributed by atoms with E-state index in [1.165, 1.54) is 0 Å². The van der Waals surface area contributed by atoms with Gasteiger partial charge < -0.3 is 14.6 Å². The van der Waals surface area contributed by atoms with Crippen molar-refractivity contribution in [3.05, 3.63) is 66.0 Å². The van der Waals surface area contributed by atoms with Crippen molar-refractivity contribution in [2.24, 2.45) is 5.92 Å². The maximum Gasteiger partial charge on any atom is 0.307 e. The van der Waals surface area contributed by atoms with Gasteiger partial charge in [-0.05, 0) is 60.2 Å². The van der Waals surface area contributed by atoms with Crippen LogP contribution in [-0.2, 0) is 4.79 Å². The van der Waals surface area contributed by atoms with E-state index in [9.17, 15) is 9.90 Å². The zero-order valence-electron chi connectivity index (χ0n) is 16.0. The smallest absolute Gasteiger partial charge is 0.307 e. The highest BCUT2D eigenvalue weighted by atomic mass is 16.7. The lowest BCUT2D eigenvalue weighted by molar-refractivity contribution is -0.143. The maximum atomic E-state index is 11.7. The third kappa shape index (κ3) is 3.40. The third-order valence-electron chi connectivity index (χ3n) is 5.86. The van der Waals surface area contributed by atoms with Crippen LogP contribution in [0.3, 0.4) is 0 Å². The van der Waals surface area contributed by atoms with Crippen LogP contribution in [-0.4, -0.2) is 40.8 Å². The molecule has 2 aliphatic heterocycles. The van der Waals surface area contributed by atoms with Crippen LogP contribution in [0.2, 0.25) is 0 Å². The van der Waals surface area contributed by atoms with Crippen molar-refractivity contribution in [1.29, 1.82) is 0 Å². The van der Waals surface area contributed by atoms with Crippen LogP contribution in [0.5, 0.6) is 11.5 Å².